The van der Waals surface area contributed by atoms with Gasteiger partial charge in [0, 0.05) is 34.6 Å². The van der Waals surface area contributed by atoms with Crippen LogP contribution < -0.4 is 0 Å². The van der Waals surface area contributed by atoms with Crippen molar-refractivity contribution in [2.24, 2.45) is 0 Å². The number of hydrogen-bond donors (Lipinski definition) is 2. The van der Waals surface area contributed by atoms with Gasteiger partial charge in [-0.2, -0.15) is 0 Å². The predicted octanol–water partition coefficient (Wildman–Crippen LogP) is 5.32. The van der Waals surface area contributed by atoms with Gasteiger partial charge in [-0.15, -0.1) is 0 Å². The Labute approximate surface area is 179 Å². The molecule has 0 fully saturated rings. The molecule has 0 atom stereocenters. The predicted molar refractivity (Wildman–Crippen MR) is 118 cm³/mol. The summed E-state index contributed by atoms with van der Waals surface area (Å²) in [6.07, 6.45) is 4.05. The standard InChI is InChI=1S/C15H12N2O.C8H8Cl2O/c18-10-11-4-1-6-13-12(11)5-2-7-14(13)15-16-8-3-9-17-15;9-7-2-1-6(3-4-11)8(10)5-7/h1-9,18H,10H2;1-2,5,11H,3-4H2. The molecule has 0 bridgehead atoms. The summed E-state index contributed by atoms with van der Waals surface area (Å²) in [6.45, 7) is 0.151. The highest BCUT2D eigenvalue weighted by molar-refractivity contribution is 6.35. The van der Waals surface area contributed by atoms with Crippen LogP contribution in [0.1, 0.15) is 11.1 Å². The zero-order valence-corrected chi connectivity index (χ0v) is 17.1. The minimum Gasteiger partial charge on any atom is -0.396 e. The topological polar surface area (TPSA) is 66.2 Å². The summed E-state index contributed by atoms with van der Waals surface area (Å²) >= 11 is 11.5. The van der Waals surface area contributed by atoms with Crippen molar-refractivity contribution in [2.45, 2.75) is 13.0 Å². The SMILES string of the molecule is OCCc1ccc(Cl)cc1Cl.OCc1cccc2c(-c3ncccn3)cccc12. The molecule has 0 unspecified atom stereocenters. The third-order valence-electron chi connectivity index (χ3n) is 4.39. The maximum absolute atomic E-state index is 9.37. The van der Waals surface area contributed by atoms with Crippen molar-refractivity contribution < 1.29 is 10.2 Å². The van der Waals surface area contributed by atoms with Crippen LogP contribution in [-0.2, 0) is 13.0 Å². The third-order valence-corrected chi connectivity index (χ3v) is 4.97. The maximum Gasteiger partial charge on any atom is 0.159 e. The lowest BCUT2D eigenvalue weighted by atomic mass is 10.00. The van der Waals surface area contributed by atoms with Crippen LogP contribution >= 0.6 is 23.2 Å². The first-order chi connectivity index (χ1) is 14.1. The van der Waals surface area contributed by atoms with E-state index in [1.807, 2.05) is 42.5 Å². The van der Waals surface area contributed by atoms with E-state index in [2.05, 4.69) is 9.97 Å². The second kappa shape index (κ2) is 10.3. The van der Waals surface area contributed by atoms with Gasteiger partial charge >= 0.3 is 0 Å². The van der Waals surface area contributed by atoms with E-state index in [0.29, 0.717) is 22.3 Å². The van der Waals surface area contributed by atoms with Crippen LogP contribution in [-0.4, -0.2) is 26.8 Å². The number of aliphatic hydroxyl groups excluding tert-OH is 2. The summed E-state index contributed by atoms with van der Waals surface area (Å²) in [5.41, 5.74) is 2.84. The van der Waals surface area contributed by atoms with Gasteiger partial charge in [0.05, 0.1) is 6.61 Å². The second-order valence-electron chi connectivity index (χ2n) is 6.26. The molecule has 0 saturated carbocycles. The van der Waals surface area contributed by atoms with Crippen molar-refractivity contribution in [3.63, 3.8) is 0 Å². The van der Waals surface area contributed by atoms with Gasteiger partial charge in [0.25, 0.3) is 0 Å². The van der Waals surface area contributed by atoms with E-state index >= 15 is 0 Å². The van der Waals surface area contributed by atoms with E-state index in [1.165, 1.54) is 0 Å². The molecular weight excluding hydrogens is 407 g/mol. The molecule has 2 N–H and O–H groups in total. The van der Waals surface area contributed by atoms with Gasteiger partial charge in [0.15, 0.2) is 5.82 Å². The number of aromatic nitrogens is 2. The monoisotopic (exact) mass is 426 g/mol. The Bertz CT molecular complexity index is 1090. The minimum atomic E-state index is 0.0381. The quantitative estimate of drug-likeness (QED) is 0.463. The molecule has 1 heterocycles. The minimum absolute atomic E-state index is 0.0381. The Morgan fingerprint density at radius 1 is 0.759 bits per heavy atom. The van der Waals surface area contributed by atoms with Gasteiger partial charge in [-0.25, -0.2) is 9.97 Å². The molecule has 0 amide bonds. The summed E-state index contributed by atoms with van der Waals surface area (Å²) in [6, 6.07) is 18.9. The fourth-order valence-electron chi connectivity index (χ4n) is 2.99. The number of nitrogens with zero attached hydrogens (tertiary/aromatic N) is 2. The van der Waals surface area contributed by atoms with E-state index in [9.17, 15) is 5.11 Å². The lowest BCUT2D eigenvalue weighted by Crippen LogP contribution is -1.91. The molecule has 4 rings (SSSR count). The highest BCUT2D eigenvalue weighted by Crippen LogP contribution is 2.28. The molecule has 0 aliphatic heterocycles. The van der Waals surface area contributed by atoms with Crippen molar-refractivity contribution >= 4 is 34.0 Å². The van der Waals surface area contributed by atoms with Crippen LogP contribution in [0.25, 0.3) is 22.2 Å². The van der Waals surface area contributed by atoms with Gasteiger partial charge in [0.1, 0.15) is 0 Å². The molecule has 1 aromatic heterocycles. The summed E-state index contributed by atoms with van der Waals surface area (Å²) in [4.78, 5) is 8.56. The lowest BCUT2D eigenvalue weighted by Gasteiger charge is -2.08. The first-order valence-corrected chi connectivity index (χ1v) is 9.83. The van der Waals surface area contributed by atoms with Crippen molar-refractivity contribution in [1.82, 2.24) is 9.97 Å². The lowest BCUT2D eigenvalue weighted by molar-refractivity contribution is 0.283. The Hall–Kier alpha value is -2.50. The molecular formula is C23H20Cl2N2O2. The van der Waals surface area contributed by atoms with Gasteiger partial charge < -0.3 is 10.2 Å². The molecule has 4 nitrogen and oxygen atoms in total. The molecule has 29 heavy (non-hydrogen) atoms. The first kappa shape index (κ1) is 21.2. The zero-order valence-electron chi connectivity index (χ0n) is 15.6. The number of rotatable bonds is 4. The van der Waals surface area contributed by atoms with Crippen LogP contribution in [0.4, 0.5) is 0 Å². The Balaban J connectivity index is 0.000000188. The number of hydrogen-bond acceptors (Lipinski definition) is 4. The van der Waals surface area contributed by atoms with Crippen LogP contribution in [0.5, 0.6) is 0 Å². The van der Waals surface area contributed by atoms with Crippen molar-refractivity contribution in [3.8, 4) is 11.4 Å². The molecule has 0 radical (unpaired) electrons. The molecule has 3 aromatic carbocycles. The molecule has 0 aliphatic rings. The van der Waals surface area contributed by atoms with Crippen LogP contribution in [0.3, 0.4) is 0 Å². The van der Waals surface area contributed by atoms with Crippen LogP contribution in [0.15, 0.2) is 73.1 Å². The number of fused-ring (bicyclic) bond motifs is 1. The Kier molecular flexibility index (Phi) is 7.55. The first-order valence-electron chi connectivity index (χ1n) is 9.07. The average molecular weight is 427 g/mol. The van der Waals surface area contributed by atoms with Gasteiger partial charge in [0.2, 0.25) is 0 Å². The summed E-state index contributed by atoms with van der Waals surface area (Å²) in [5.74, 6) is 0.707. The van der Waals surface area contributed by atoms with Gasteiger partial charge in [-0.1, -0.05) is 65.7 Å². The average Bonchev–Trinajstić information content (AvgIpc) is 2.76. The smallest absolute Gasteiger partial charge is 0.159 e. The largest absolute Gasteiger partial charge is 0.396 e. The highest BCUT2D eigenvalue weighted by Gasteiger charge is 2.07. The van der Waals surface area contributed by atoms with Crippen LogP contribution in [0, 0.1) is 0 Å². The highest BCUT2D eigenvalue weighted by atomic mass is 35.5. The fraction of sp³-hybridized carbons (Fsp3) is 0.130. The fourth-order valence-corrected chi connectivity index (χ4v) is 3.49. The van der Waals surface area contributed by atoms with E-state index in [1.54, 1.807) is 30.6 Å². The van der Waals surface area contributed by atoms with Crippen LogP contribution in [0.2, 0.25) is 10.0 Å². The number of benzene rings is 3. The second-order valence-corrected chi connectivity index (χ2v) is 7.10. The molecule has 4 aromatic rings. The van der Waals surface area contributed by atoms with E-state index in [0.717, 1.165) is 27.5 Å². The summed E-state index contributed by atoms with van der Waals surface area (Å²) in [5, 5.41) is 21.3. The van der Waals surface area contributed by atoms with Crippen molar-refractivity contribution in [1.29, 1.82) is 0 Å². The van der Waals surface area contributed by atoms with E-state index in [-0.39, 0.29) is 13.2 Å². The molecule has 0 aliphatic carbocycles. The summed E-state index contributed by atoms with van der Waals surface area (Å²) < 4.78 is 0. The van der Waals surface area contributed by atoms with Gasteiger partial charge in [-0.3, -0.25) is 0 Å². The number of halogens is 2. The van der Waals surface area contributed by atoms with Crippen molar-refractivity contribution in [3.05, 3.63) is 94.2 Å². The van der Waals surface area contributed by atoms with Gasteiger partial charge in [-0.05, 0) is 46.5 Å². The molecule has 0 spiro atoms. The molecule has 6 heteroatoms. The zero-order chi connectivity index (χ0) is 20.6. The molecule has 0 saturated heterocycles. The number of aliphatic hydroxyl groups is 2. The normalized spacial score (nSPS) is 10.5. The Morgan fingerprint density at radius 3 is 2.17 bits per heavy atom. The van der Waals surface area contributed by atoms with E-state index < -0.39 is 0 Å². The van der Waals surface area contributed by atoms with E-state index in [4.69, 9.17) is 28.3 Å². The Morgan fingerprint density at radius 2 is 1.48 bits per heavy atom. The van der Waals surface area contributed by atoms with Crippen molar-refractivity contribution in [2.75, 3.05) is 6.61 Å². The summed E-state index contributed by atoms with van der Waals surface area (Å²) in [7, 11) is 0. The third kappa shape index (κ3) is 5.31. The molecule has 148 valence electrons. The maximum atomic E-state index is 9.37.